The van der Waals surface area contributed by atoms with Crippen molar-refractivity contribution in [1.82, 2.24) is 14.7 Å². The summed E-state index contributed by atoms with van der Waals surface area (Å²) in [7, 11) is -3.63. The molecule has 7 heteroatoms. The summed E-state index contributed by atoms with van der Waals surface area (Å²) < 4.78 is 27.1. The van der Waals surface area contributed by atoms with Crippen molar-refractivity contribution in [3.8, 4) is 0 Å². The lowest BCUT2D eigenvalue weighted by molar-refractivity contribution is 0.579. The van der Waals surface area contributed by atoms with Gasteiger partial charge in [0.25, 0.3) is 0 Å². The number of pyridine rings is 2. The maximum absolute atomic E-state index is 12.3. The molecule has 2 rings (SSSR count). The van der Waals surface area contributed by atoms with Gasteiger partial charge in [0.15, 0.2) is 0 Å². The predicted octanol–water partition coefficient (Wildman–Crippen LogP) is 0.722. The summed E-state index contributed by atoms with van der Waals surface area (Å²) in [4.78, 5) is 8.07. The number of aryl methyl sites for hydroxylation is 1. The van der Waals surface area contributed by atoms with Gasteiger partial charge in [0.2, 0.25) is 10.0 Å². The Morgan fingerprint density at radius 1 is 1.30 bits per heavy atom. The summed E-state index contributed by atoms with van der Waals surface area (Å²) in [5.74, 6) is 0. The van der Waals surface area contributed by atoms with Crippen LogP contribution in [0.15, 0.2) is 41.7 Å². The van der Waals surface area contributed by atoms with Crippen molar-refractivity contribution in [2.24, 2.45) is 5.73 Å². The van der Waals surface area contributed by atoms with E-state index in [1.165, 1.54) is 12.3 Å². The molecular weight excluding hydrogens is 276 g/mol. The van der Waals surface area contributed by atoms with Crippen molar-refractivity contribution in [3.63, 3.8) is 0 Å². The third kappa shape index (κ3) is 3.19. The van der Waals surface area contributed by atoms with Gasteiger partial charge >= 0.3 is 0 Å². The van der Waals surface area contributed by atoms with E-state index in [1.54, 1.807) is 24.5 Å². The van der Waals surface area contributed by atoms with Crippen LogP contribution in [0.3, 0.4) is 0 Å². The second kappa shape index (κ2) is 6.08. The topological polar surface area (TPSA) is 98.0 Å². The maximum atomic E-state index is 12.3. The molecule has 0 aromatic carbocycles. The Bertz CT molecular complexity index is 701. The highest BCUT2D eigenvalue weighted by Gasteiger charge is 2.18. The average molecular weight is 292 g/mol. The van der Waals surface area contributed by atoms with Crippen molar-refractivity contribution in [2.75, 3.05) is 0 Å². The lowest BCUT2D eigenvalue weighted by Crippen LogP contribution is -2.25. The molecular formula is C13H16N4O2S. The van der Waals surface area contributed by atoms with Crippen molar-refractivity contribution >= 4 is 10.0 Å². The molecule has 0 fully saturated rings. The lowest BCUT2D eigenvalue weighted by Gasteiger charge is -2.10. The van der Waals surface area contributed by atoms with Crippen molar-refractivity contribution < 1.29 is 8.42 Å². The van der Waals surface area contributed by atoms with Crippen molar-refractivity contribution in [2.45, 2.75) is 24.9 Å². The minimum Gasteiger partial charge on any atom is -0.325 e. The molecule has 2 aromatic rings. The Balaban J connectivity index is 2.22. The van der Waals surface area contributed by atoms with E-state index >= 15 is 0 Å². The second-order valence-electron chi connectivity index (χ2n) is 4.28. The number of hydrogen-bond acceptors (Lipinski definition) is 5. The Morgan fingerprint density at radius 3 is 2.80 bits per heavy atom. The van der Waals surface area contributed by atoms with E-state index in [2.05, 4.69) is 14.7 Å². The van der Waals surface area contributed by atoms with Crippen LogP contribution >= 0.6 is 0 Å². The van der Waals surface area contributed by atoms with Gasteiger partial charge < -0.3 is 5.73 Å². The molecule has 0 spiro atoms. The minimum atomic E-state index is -3.63. The zero-order valence-electron chi connectivity index (χ0n) is 11.1. The fraction of sp³-hybridized carbons (Fsp3) is 0.231. The number of nitrogens with zero attached hydrogens (tertiary/aromatic N) is 2. The van der Waals surface area contributed by atoms with E-state index in [0.29, 0.717) is 5.69 Å². The highest BCUT2D eigenvalue weighted by molar-refractivity contribution is 7.89. The monoisotopic (exact) mass is 292 g/mol. The zero-order valence-corrected chi connectivity index (χ0v) is 11.9. The normalized spacial score (nSPS) is 11.5. The molecule has 106 valence electrons. The Labute approximate surface area is 118 Å². The number of nitrogens with two attached hydrogens (primary N) is 1. The molecule has 0 aliphatic carbocycles. The number of sulfonamides is 1. The molecule has 0 saturated carbocycles. The van der Waals surface area contributed by atoms with Gasteiger partial charge in [-0.25, -0.2) is 13.1 Å². The van der Waals surface area contributed by atoms with Gasteiger partial charge in [-0.3, -0.25) is 9.97 Å². The van der Waals surface area contributed by atoms with Crippen LogP contribution in [-0.2, 0) is 23.1 Å². The Morgan fingerprint density at radius 2 is 2.10 bits per heavy atom. The van der Waals surface area contributed by atoms with Crippen LogP contribution in [0, 0.1) is 6.92 Å². The van der Waals surface area contributed by atoms with Crippen molar-refractivity contribution in [3.05, 3.63) is 53.6 Å². The van der Waals surface area contributed by atoms with Crippen LogP contribution in [0.4, 0.5) is 0 Å². The van der Waals surface area contributed by atoms with Gasteiger partial charge in [-0.2, -0.15) is 0 Å². The predicted molar refractivity (Wildman–Crippen MR) is 75.1 cm³/mol. The smallest absolute Gasteiger partial charge is 0.242 e. The van der Waals surface area contributed by atoms with Gasteiger partial charge in [0.1, 0.15) is 4.90 Å². The summed E-state index contributed by atoms with van der Waals surface area (Å²) in [5, 5.41) is 0. The van der Waals surface area contributed by atoms with Gasteiger partial charge in [0.05, 0.1) is 5.69 Å². The molecule has 0 saturated heterocycles. The molecule has 0 bridgehead atoms. The highest BCUT2D eigenvalue weighted by Crippen LogP contribution is 2.13. The first kappa shape index (κ1) is 14.6. The Kier molecular flexibility index (Phi) is 4.43. The summed E-state index contributed by atoms with van der Waals surface area (Å²) in [6.07, 6.45) is 4.85. The number of hydrogen-bond donors (Lipinski definition) is 2. The van der Waals surface area contributed by atoms with Crippen LogP contribution in [0.25, 0.3) is 0 Å². The van der Waals surface area contributed by atoms with Gasteiger partial charge in [-0.05, 0) is 36.2 Å². The summed E-state index contributed by atoms with van der Waals surface area (Å²) >= 11 is 0. The molecule has 0 aliphatic heterocycles. The second-order valence-corrected chi connectivity index (χ2v) is 6.01. The average Bonchev–Trinajstić information content (AvgIpc) is 2.46. The first-order valence-electron chi connectivity index (χ1n) is 6.07. The fourth-order valence-electron chi connectivity index (χ4n) is 1.77. The molecule has 2 heterocycles. The zero-order chi connectivity index (χ0) is 14.6. The fourth-order valence-corrected chi connectivity index (χ4v) is 2.98. The van der Waals surface area contributed by atoms with E-state index in [0.717, 1.165) is 11.1 Å². The molecule has 6 nitrogen and oxygen atoms in total. The maximum Gasteiger partial charge on any atom is 0.242 e. The number of rotatable bonds is 5. The molecule has 2 aromatic heterocycles. The first-order chi connectivity index (χ1) is 9.54. The van der Waals surface area contributed by atoms with E-state index in [1.807, 2.05) is 6.92 Å². The van der Waals surface area contributed by atoms with Crippen LogP contribution in [0.5, 0.6) is 0 Å². The third-order valence-electron chi connectivity index (χ3n) is 2.92. The summed E-state index contributed by atoms with van der Waals surface area (Å²) in [6, 6.07) is 4.85. The molecule has 20 heavy (non-hydrogen) atoms. The van der Waals surface area contributed by atoms with E-state index in [-0.39, 0.29) is 18.0 Å². The SMILES string of the molecule is Cc1cnccc1CNS(=O)(=O)c1cccnc1CN. The molecule has 0 aliphatic rings. The van der Waals surface area contributed by atoms with Crippen LogP contribution < -0.4 is 10.5 Å². The lowest BCUT2D eigenvalue weighted by atomic mass is 10.2. The molecule has 0 radical (unpaired) electrons. The Hall–Kier alpha value is -1.83. The molecule has 0 atom stereocenters. The molecule has 0 amide bonds. The molecule has 0 unspecified atom stereocenters. The van der Waals surface area contributed by atoms with Crippen LogP contribution in [0.2, 0.25) is 0 Å². The molecule has 3 N–H and O–H groups in total. The van der Waals surface area contributed by atoms with Crippen LogP contribution in [-0.4, -0.2) is 18.4 Å². The minimum absolute atomic E-state index is 0.0748. The van der Waals surface area contributed by atoms with E-state index < -0.39 is 10.0 Å². The quantitative estimate of drug-likeness (QED) is 0.846. The third-order valence-corrected chi connectivity index (χ3v) is 4.40. The summed E-state index contributed by atoms with van der Waals surface area (Å²) in [6.45, 7) is 2.16. The largest absolute Gasteiger partial charge is 0.325 e. The van der Waals surface area contributed by atoms with Crippen molar-refractivity contribution in [1.29, 1.82) is 0 Å². The van der Waals surface area contributed by atoms with Crippen LogP contribution in [0.1, 0.15) is 16.8 Å². The number of aromatic nitrogens is 2. The van der Waals surface area contributed by atoms with E-state index in [9.17, 15) is 8.42 Å². The van der Waals surface area contributed by atoms with Gasteiger partial charge in [0, 0.05) is 31.7 Å². The standard InChI is InChI=1S/C13H16N4O2S/c1-10-8-15-6-4-11(10)9-17-20(18,19)13-3-2-5-16-12(13)7-14/h2-6,8,17H,7,9,14H2,1H3. The van der Waals surface area contributed by atoms with Gasteiger partial charge in [-0.15, -0.1) is 0 Å². The highest BCUT2D eigenvalue weighted by atomic mass is 32.2. The van der Waals surface area contributed by atoms with Gasteiger partial charge in [-0.1, -0.05) is 0 Å². The van der Waals surface area contributed by atoms with E-state index in [4.69, 9.17) is 5.73 Å². The first-order valence-corrected chi connectivity index (χ1v) is 7.56. The summed E-state index contributed by atoms with van der Waals surface area (Å²) in [5.41, 5.74) is 7.68. The number of nitrogens with one attached hydrogen (secondary N) is 1.